The van der Waals surface area contributed by atoms with Crippen molar-refractivity contribution in [3.05, 3.63) is 28.8 Å². The largest absolute Gasteiger partial charge is 0.488 e. The molecular weight excluding hydrogens is 240 g/mol. The molecule has 0 bridgehead atoms. The van der Waals surface area contributed by atoms with Crippen LogP contribution in [0.5, 0.6) is 0 Å². The van der Waals surface area contributed by atoms with E-state index < -0.39 is 7.12 Å². The summed E-state index contributed by atoms with van der Waals surface area (Å²) in [4.78, 5) is 13.2. The number of hydrogen-bond acceptors (Lipinski definition) is 4. The van der Waals surface area contributed by atoms with Crippen molar-refractivity contribution in [3.8, 4) is 0 Å². The van der Waals surface area contributed by atoms with Crippen LogP contribution in [0.2, 0.25) is 5.02 Å². The molecule has 0 aliphatic rings. The van der Waals surface area contributed by atoms with E-state index in [9.17, 15) is 4.79 Å². The summed E-state index contributed by atoms with van der Waals surface area (Å²) in [5, 5.41) is 18.2. The van der Waals surface area contributed by atoms with Gasteiger partial charge in [-0.3, -0.25) is 0 Å². The lowest BCUT2D eigenvalue weighted by molar-refractivity contribution is 0.425. The smallest absolute Gasteiger partial charge is 0.423 e. The average Bonchev–Trinajstić information content (AvgIpc) is 2.28. The maximum absolute atomic E-state index is 9.87. The van der Waals surface area contributed by atoms with Crippen LogP contribution in [-0.2, 0) is 11.3 Å². The Morgan fingerprint density at radius 3 is 2.47 bits per heavy atom. The second-order valence-corrected chi connectivity index (χ2v) is 3.75. The Kier molecular flexibility index (Phi) is 8.37. The normalized spacial score (nSPS) is 8.76. The minimum Gasteiger partial charge on any atom is -0.423 e. The number of halogens is 1. The predicted octanol–water partition coefficient (Wildman–Crippen LogP) is 1.27. The van der Waals surface area contributed by atoms with E-state index in [4.69, 9.17) is 21.6 Å². The zero-order valence-corrected chi connectivity index (χ0v) is 10.6. The van der Waals surface area contributed by atoms with Gasteiger partial charge in [-0.25, -0.2) is 9.79 Å². The van der Waals surface area contributed by atoms with E-state index in [0.717, 1.165) is 0 Å². The van der Waals surface area contributed by atoms with Crippen LogP contribution in [0.1, 0.15) is 25.8 Å². The second-order valence-electron chi connectivity index (χ2n) is 3.34. The van der Waals surface area contributed by atoms with Crippen molar-refractivity contribution in [1.82, 2.24) is 0 Å². The zero-order chi connectivity index (χ0) is 13.3. The van der Waals surface area contributed by atoms with Crippen LogP contribution in [-0.4, -0.2) is 23.2 Å². The molecule has 1 aromatic carbocycles. The molecule has 1 rings (SSSR count). The van der Waals surface area contributed by atoms with E-state index in [2.05, 4.69) is 18.8 Å². The quantitative estimate of drug-likeness (QED) is 0.485. The van der Waals surface area contributed by atoms with Crippen LogP contribution in [0.3, 0.4) is 0 Å². The van der Waals surface area contributed by atoms with Gasteiger partial charge in [0.2, 0.25) is 6.08 Å². The molecule has 0 fully saturated rings. The molecule has 0 radical (unpaired) electrons. The Hall–Kier alpha value is -1.13. The molecule has 0 saturated heterocycles. The van der Waals surface area contributed by atoms with Crippen molar-refractivity contribution < 1.29 is 14.8 Å². The highest BCUT2D eigenvalue weighted by atomic mass is 35.5. The van der Waals surface area contributed by atoms with Gasteiger partial charge in [0.15, 0.2) is 0 Å². The van der Waals surface area contributed by atoms with Crippen molar-refractivity contribution >= 4 is 30.3 Å². The number of rotatable bonds is 3. The molecule has 0 aliphatic carbocycles. The molecule has 4 nitrogen and oxygen atoms in total. The van der Waals surface area contributed by atoms with Gasteiger partial charge in [-0.05, 0) is 17.1 Å². The van der Waals surface area contributed by atoms with E-state index in [1.54, 1.807) is 0 Å². The lowest BCUT2D eigenvalue weighted by atomic mass is 9.79. The van der Waals surface area contributed by atoms with E-state index in [1.165, 1.54) is 30.7 Å². The molecule has 0 unspecified atom stereocenters. The lowest BCUT2D eigenvalue weighted by Crippen LogP contribution is -2.29. The number of hydrogen-bond donors (Lipinski definition) is 2. The number of nitrogens with zero attached hydrogens (tertiary/aromatic N) is 1. The van der Waals surface area contributed by atoms with E-state index in [1.807, 2.05) is 0 Å². The average molecular weight is 256 g/mol. The molecular formula is C11H15BClNO3. The molecule has 92 valence electrons. The molecule has 0 amide bonds. The third-order valence-corrected chi connectivity index (χ3v) is 2.05. The first-order valence-corrected chi connectivity index (χ1v) is 5.62. The Balaban J connectivity index is 0.000000770. The SMILES string of the molecule is CCC.O=C=NCc1cc(B(O)O)ccc1Cl. The van der Waals surface area contributed by atoms with Gasteiger partial charge in [0.1, 0.15) is 0 Å². The summed E-state index contributed by atoms with van der Waals surface area (Å²) in [5.74, 6) is 0. The van der Waals surface area contributed by atoms with Gasteiger partial charge in [0.05, 0.1) is 6.54 Å². The molecule has 0 saturated carbocycles. The number of isocyanates is 1. The number of benzene rings is 1. The molecule has 0 atom stereocenters. The van der Waals surface area contributed by atoms with Crippen LogP contribution in [0.15, 0.2) is 23.2 Å². The highest BCUT2D eigenvalue weighted by molar-refractivity contribution is 6.58. The van der Waals surface area contributed by atoms with E-state index in [0.29, 0.717) is 16.0 Å². The van der Waals surface area contributed by atoms with Gasteiger partial charge >= 0.3 is 7.12 Å². The first-order valence-electron chi connectivity index (χ1n) is 5.24. The van der Waals surface area contributed by atoms with Gasteiger partial charge in [0, 0.05) is 5.02 Å². The standard InChI is InChI=1S/C8H7BClNO3.C3H8/c10-8-2-1-7(9(13)14)3-6(8)4-11-5-12;1-3-2/h1-3,13-14H,4H2;3H2,1-2H3. The van der Waals surface area contributed by atoms with Crippen LogP contribution >= 0.6 is 11.6 Å². The molecule has 1 aromatic rings. The van der Waals surface area contributed by atoms with Crippen molar-refractivity contribution in [2.24, 2.45) is 4.99 Å². The highest BCUT2D eigenvalue weighted by Gasteiger charge is 2.12. The number of carbonyl (C=O) groups excluding carboxylic acids is 1. The summed E-state index contributed by atoms with van der Waals surface area (Å²) in [6, 6.07) is 4.49. The third-order valence-electron chi connectivity index (χ3n) is 1.68. The topological polar surface area (TPSA) is 69.9 Å². The maximum atomic E-state index is 9.87. The van der Waals surface area contributed by atoms with Crippen molar-refractivity contribution in [2.45, 2.75) is 26.8 Å². The second kappa shape index (κ2) is 8.96. The zero-order valence-electron chi connectivity index (χ0n) is 9.85. The highest BCUT2D eigenvalue weighted by Crippen LogP contribution is 2.14. The molecule has 0 aliphatic heterocycles. The summed E-state index contributed by atoms with van der Waals surface area (Å²) in [7, 11) is -1.55. The van der Waals surface area contributed by atoms with Gasteiger partial charge in [0.25, 0.3) is 0 Å². The Bertz CT molecular complexity index is 392. The summed E-state index contributed by atoms with van der Waals surface area (Å²) >= 11 is 5.78. The van der Waals surface area contributed by atoms with Crippen molar-refractivity contribution in [2.75, 3.05) is 0 Å². The monoisotopic (exact) mass is 255 g/mol. The summed E-state index contributed by atoms with van der Waals surface area (Å²) < 4.78 is 0. The van der Waals surface area contributed by atoms with Crippen LogP contribution < -0.4 is 5.46 Å². The molecule has 0 heterocycles. The molecule has 0 spiro atoms. The summed E-state index contributed by atoms with van der Waals surface area (Å²) in [6.07, 6.45) is 2.63. The van der Waals surface area contributed by atoms with E-state index >= 15 is 0 Å². The Morgan fingerprint density at radius 1 is 1.41 bits per heavy atom. The van der Waals surface area contributed by atoms with Gasteiger partial charge in [-0.15, -0.1) is 0 Å². The molecule has 2 N–H and O–H groups in total. The molecule has 0 aromatic heterocycles. The van der Waals surface area contributed by atoms with Gasteiger partial charge in [-0.2, -0.15) is 0 Å². The fraction of sp³-hybridized carbons (Fsp3) is 0.364. The van der Waals surface area contributed by atoms with Crippen LogP contribution in [0.25, 0.3) is 0 Å². The minimum absolute atomic E-state index is 0.0862. The van der Waals surface area contributed by atoms with Crippen LogP contribution in [0, 0.1) is 0 Å². The maximum Gasteiger partial charge on any atom is 0.488 e. The van der Waals surface area contributed by atoms with Crippen molar-refractivity contribution in [1.29, 1.82) is 0 Å². The minimum atomic E-state index is -1.55. The first-order chi connectivity index (χ1) is 8.06. The summed E-state index contributed by atoms with van der Waals surface area (Å²) in [5.41, 5.74) is 0.867. The Labute approximate surface area is 106 Å². The van der Waals surface area contributed by atoms with Crippen molar-refractivity contribution in [3.63, 3.8) is 0 Å². The molecule has 6 heteroatoms. The predicted molar refractivity (Wildman–Crippen MR) is 69.1 cm³/mol. The number of aliphatic imine (C=N–C) groups is 1. The summed E-state index contributed by atoms with van der Waals surface area (Å²) in [6.45, 7) is 4.34. The van der Waals surface area contributed by atoms with Crippen LogP contribution in [0.4, 0.5) is 0 Å². The van der Waals surface area contributed by atoms with E-state index in [-0.39, 0.29) is 6.54 Å². The molecule has 17 heavy (non-hydrogen) atoms. The van der Waals surface area contributed by atoms with Gasteiger partial charge < -0.3 is 10.0 Å². The fourth-order valence-corrected chi connectivity index (χ4v) is 1.17. The lowest BCUT2D eigenvalue weighted by Gasteiger charge is -2.03. The third kappa shape index (κ3) is 6.24. The Morgan fingerprint density at radius 2 is 2.00 bits per heavy atom. The first kappa shape index (κ1) is 15.9. The van der Waals surface area contributed by atoms with Gasteiger partial charge in [-0.1, -0.05) is 44.0 Å². The fourth-order valence-electron chi connectivity index (χ4n) is 0.994.